The molecule has 27 heavy (non-hydrogen) atoms. The van der Waals surface area contributed by atoms with Gasteiger partial charge >= 0.3 is 0 Å². The Kier molecular flexibility index (Phi) is 4.93. The van der Waals surface area contributed by atoms with Crippen molar-refractivity contribution in [1.82, 2.24) is 0 Å². The van der Waals surface area contributed by atoms with Gasteiger partial charge in [-0.3, -0.25) is 4.79 Å². The molecule has 0 bridgehead atoms. The monoisotopic (exact) mass is 358 g/mol. The lowest BCUT2D eigenvalue weighted by atomic mass is 9.95. The zero-order valence-corrected chi connectivity index (χ0v) is 15.1. The van der Waals surface area contributed by atoms with Crippen LogP contribution in [0.25, 0.3) is 0 Å². The summed E-state index contributed by atoms with van der Waals surface area (Å²) in [6, 6.07) is 23.2. The topological polar surface area (TPSA) is 46.5 Å². The third kappa shape index (κ3) is 3.87. The molecule has 136 valence electrons. The Labute approximate surface area is 159 Å². The lowest BCUT2D eigenvalue weighted by Gasteiger charge is -2.11. The van der Waals surface area contributed by atoms with E-state index in [0.717, 1.165) is 29.5 Å². The number of phenolic OH excluding ortho intramolecular Hbond substituents is 1. The van der Waals surface area contributed by atoms with Crippen LogP contribution >= 0.6 is 0 Å². The van der Waals surface area contributed by atoms with E-state index in [4.69, 9.17) is 4.74 Å². The fourth-order valence-electron chi connectivity index (χ4n) is 3.71. The van der Waals surface area contributed by atoms with Crippen LogP contribution in [0.3, 0.4) is 0 Å². The first-order valence-electron chi connectivity index (χ1n) is 9.31. The standard InChI is InChI=1S/C24H22O3/c25-21-11-9-18(10-12-21)15-20-16-19-7-4-8-22(23(19)24(20)26)27-14-13-17-5-2-1-3-6-17/h1-12,20,25H,13-16H2. The molecule has 3 aromatic carbocycles. The summed E-state index contributed by atoms with van der Waals surface area (Å²) in [6.45, 7) is 0.552. The van der Waals surface area contributed by atoms with Crippen molar-refractivity contribution in [2.45, 2.75) is 19.3 Å². The molecule has 0 fully saturated rings. The van der Waals surface area contributed by atoms with Gasteiger partial charge in [0, 0.05) is 12.3 Å². The lowest BCUT2D eigenvalue weighted by Crippen LogP contribution is -2.13. The van der Waals surface area contributed by atoms with E-state index in [9.17, 15) is 9.90 Å². The summed E-state index contributed by atoms with van der Waals surface area (Å²) in [5.41, 5.74) is 4.10. The van der Waals surface area contributed by atoms with E-state index in [2.05, 4.69) is 12.1 Å². The number of ketones is 1. The molecule has 0 saturated carbocycles. The summed E-state index contributed by atoms with van der Waals surface area (Å²) in [5.74, 6) is 1.03. The number of fused-ring (bicyclic) bond motifs is 1. The molecule has 1 aliphatic carbocycles. The Morgan fingerprint density at radius 2 is 1.67 bits per heavy atom. The normalized spacial score (nSPS) is 15.6. The van der Waals surface area contributed by atoms with E-state index in [0.29, 0.717) is 18.8 Å². The third-order valence-electron chi connectivity index (χ3n) is 5.11. The highest BCUT2D eigenvalue weighted by atomic mass is 16.5. The van der Waals surface area contributed by atoms with E-state index in [1.807, 2.05) is 48.5 Å². The van der Waals surface area contributed by atoms with Gasteiger partial charge in [-0.15, -0.1) is 0 Å². The highest BCUT2D eigenvalue weighted by Crippen LogP contribution is 2.35. The number of rotatable bonds is 6. The summed E-state index contributed by atoms with van der Waals surface area (Å²) in [6.07, 6.45) is 2.23. The molecule has 0 heterocycles. The quantitative estimate of drug-likeness (QED) is 0.700. The van der Waals surface area contributed by atoms with Crippen molar-refractivity contribution in [3.63, 3.8) is 0 Å². The molecule has 3 aromatic rings. The molecule has 1 atom stereocenters. The summed E-state index contributed by atoms with van der Waals surface area (Å²) in [4.78, 5) is 13.0. The number of ether oxygens (including phenoxy) is 1. The molecule has 1 unspecified atom stereocenters. The second-order valence-corrected chi connectivity index (χ2v) is 7.01. The number of hydrogen-bond donors (Lipinski definition) is 1. The minimum atomic E-state index is -0.0663. The molecule has 1 aliphatic rings. The molecular weight excluding hydrogens is 336 g/mol. The van der Waals surface area contributed by atoms with Crippen LogP contribution < -0.4 is 4.74 Å². The Hall–Kier alpha value is -3.07. The van der Waals surface area contributed by atoms with Crippen molar-refractivity contribution in [2.24, 2.45) is 5.92 Å². The predicted octanol–water partition coefficient (Wildman–Crippen LogP) is 4.61. The third-order valence-corrected chi connectivity index (χ3v) is 5.11. The fraction of sp³-hybridized carbons (Fsp3) is 0.208. The Bertz CT molecular complexity index is 930. The molecule has 0 aliphatic heterocycles. The molecule has 0 radical (unpaired) electrons. The zero-order valence-electron chi connectivity index (χ0n) is 15.1. The number of aromatic hydroxyl groups is 1. The Balaban J connectivity index is 1.45. The van der Waals surface area contributed by atoms with Crippen LogP contribution in [-0.4, -0.2) is 17.5 Å². The molecule has 0 spiro atoms. The van der Waals surface area contributed by atoms with Crippen LogP contribution in [0.5, 0.6) is 11.5 Å². The van der Waals surface area contributed by atoms with Gasteiger partial charge in [0.25, 0.3) is 0 Å². The first-order chi connectivity index (χ1) is 13.2. The SMILES string of the molecule is O=C1c2c(cccc2OCCc2ccccc2)CC1Cc1ccc(O)cc1. The van der Waals surface area contributed by atoms with Gasteiger partial charge in [-0.1, -0.05) is 54.6 Å². The van der Waals surface area contributed by atoms with Crippen LogP contribution in [0.4, 0.5) is 0 Å². The van der Waals surface area contributed by atoms with E-state index in [-0.39, 0.29) is 17.5 Å². The molecular formula is C24H22O3. The highest BCUT2D eigenvalue weighted by molar-refractivity contribution is 6.04. The smallest absolute Gasteiger partial charge is 0.170 e. The second-order valence-electron chi connectivity index (χ2n) is 7.01. The molecule has 0 saturated heterocycles. The summed E-state index contributed by atoms with van der Waals surface area (Å²) in [5, 5.41) is 9.43. The lowest BCUT2D eigenvalue weighted by molar-refractivity contribution is 0.0933. The van der Waals surface area contributed by atoms with E-state index < -0.39 is 0 Å². The number of carbonyl (C=O) groups is 1. The van der Waals surface area contributed by atoms with Crippen LogP contribution in [0, 0.1) is 5.92 Å². The largest absolute Gasteiger partial charge is 0.508 e. The number of phenols is 1. The zero-order chi connectivity index (χ0) is 18.6. The average Bonchev–Trinajstić information content (AvgIpc) is 3.01. The minimum Gasteiger partial charge on any atom is -0.508 e. The number of carbonyl (C=O) groups excluding carboxylic acids is 1. The highest BCUT2D eigenvalue weighted by Gasteiger charge is 2.33. The van der Waals surface area contributed by atoms with Crippen molar-refractivity contribution in [3.05, 3.63) is 95.1 Å². The van der Waals surface area contributed by atoms with Gasteiger partial charge in [-0.2, -0.15) is 0 Å². The summed E-state index contributed by atoms with van der Waals surface area (Å²) >= 11 is 0. The van der Waals surface area contributed by atoms with Gasteiger partial charge in [0.1, 0.15) is 11.5 Å². The average molecular weight is 358 g/mol. The van der Waals surface area contributed by atoms with E-state index in [1.54, 1.807) is 12.1 Å². The molecule has 0 aromatic heterocycles. The van der Waals surface area contributed by atoms with E-state index in [1.165, 1.54) is 5.56 Å². The van der Waals surface area contributed by atoms with Gasteiger partial charge in [-0.05, 0) is 47.7 Å². The fourth-order valence-corrected chi connectivity index (χ4v) is 3.71. The van der Waals surface area contributed by atoms with Crippen molar-refractivity contribution >= 4 is 5.78 Å². The number of benzene rings is 3. The molecule has 3 heteroatoms. The van der Waals surface area contributed by atoms with E-state index >= 15 is 0 Å². The predicted molar refractivity (Wildman–Crippen MR) is 105 cm³/mol. The first kappa shape index (κ1) is 17.3. The van der Waals surface area contributed by atoms with Crippen LogP contribution in [-0.2, 0) is 19.3 Å². The van der Waals surface area contributed by atoms with Gasteiger partial charge in [-0.25, -0.2) is 0 Å². The molecule has 0 amide bonds. The maximum absolute atomic E-state index is 13.0. The summed E-state index contributed by atoms with van der Waals surface area (Å²) in [7, 11) is 0. The molecule has 3 nitrogen and oxygen atoms in total. The van der Waals surface area contributed by atoms with Gasteiger partial charge in [0.05, 0.1) is 12.2 Å². The van der Waals surface area contributed by atoms with Crippen LogP contribution in [0.1, 0.15) is 27.0 Å². The van der Waals surface area contributed by atoms with Gasteiger partial charge in [0.15, 0.2) is 5.78 Å². The van der Waals surface area contributed by atoms with Crippen molar-refractivity contribution in [1.29, 1.82) is 0 Å². The number of hydrogen-bond acceptors (Lipinski definition) is 3. The van der Waals surface area contributed by atoms with Crippen LogP contribution in [0.15, 0.2) is 72.8 Å². The maximum atomic E-state index is 13.0. The van der Waals surface area contributed by atoms with Crippen molar-refractivity contribution < 1.29 is 14.6 Å². The number of Topliss-reactive ketones (excluding diaryl/α,β-unsaturated/α-hetero) is 1. The first-order valence-corrected chi connectivity index (χ1v) is 9.31. The van der Waals surface area contributed by atoms with Crippen LogP contribution in [0.2, 0.25) is 0 Å². The molecule has 1 N–H and O–H groups in total. The second kappa shape index (κ2) is 7.67. The maximum Gasteiger partial charge on any atom is 0.170 e. The van der Waals surface area contributed by atoms with Gasteiger partial charge in [0.2, 0.25) is 0 Å². The summed E-state index contributed by atoms with van der Waals surface area (Å²) < 4.78 is 5.98. The van der Waals surface area contributed by atoms with Gasteiger partial charge < -0.3 is 9.84 Å². The Morgan fingerprint density at radius 3 is 2.44 bits per heavy atom. The van der Waals surface area contributed by atoms with Crippen molar-refractivity contribution in [2.75, 3.05) is 6.61 Å². The molecule has 4 rings (SSSR count). The Morgan fingerprint density at radius 1 is 0.889 bits per heavy atom. The van der Waals surface area contributed by atoms with Crippen molar-refractivity contribution in [3.8, 4) is 11.5 Å². The minimum absolute atomic E-state index is 0.0663.